The van der Waals surface area contributed by atoms with Crippen LogP contribution in [-0.2, 0) is 11.3 Å². The Morgan fingerprint density at radius 2 is 1.62 bits per heavy atom. The molecule has 1 aromatic heterocycles. The number of fused-ring (bicyclic) bond motifs is 1. The van der Waals surface area contributed by atoms with Crippen molar-refractivity contribution in [1.29, 1.82) is 0 Å². The second-order valence-corrected chi connectivity index (χ2v) is 9.21. The zero-order valence-electron chi connectivity index (χ0n) is 22.1. The third-order valence-corrected chi connectivity index (χ3v) is 6.55. The Morgan fingerprint density at radius 3 is 2.35 bits per heavy atom. The molecule has 0 atom stereocenters. The molecule has 1 heterocycles. The van der Waals surface area contributed by atoms with E-state index in [0.717, 1.165) is 16.7 Å². The highest BCUT2D eigenvalue weighted by molar-refractivity contribution is 6.22. The first-order chi connectivity index (χ1) is 19.4. The van der Waals surface area contributed by atoms with E-state index in [0.29, 0.717) is 45.7 Å². The van der Waals surface area contributed by atoms with Crippen molar-refractivity contribution in [1.82, 2.24) is 10.3 Å². The number of nitrogens with zero attached hydrogens (tertiary/aromatic N) is 1. The minimum Gasteiger partial charge on any atom is -0.494 e. The van der Waals surface area contributed by atoms with Crippen LogP contribution in [0.4, 0.5) is 16.2 Å². The summed E-state index contributed by atoms with van der Waals surface area (Å²) >= 11 is 0. The fraction of sp³-hybridized carbons (Fsp3) is 0.0938. The number of methoxy groups -OCH3 is 1. The van der Waals surface area contributed by atoms with Crippen LogP contribution in [-0.4, -0.2) is 34.9 Å². The molecule has 4 aromatic carbocycles. The molecule has 2 amide bonds. The standard InChI is InChI=1S/C32H28N4O4/c1-20-8-6-7-11-23(20)19-33-32(39)35-25-15-13-24(14-16-25)34-29(21-9-4-3-5-10-21)28-26-17-12-22(31(38)40-2)18-27(26)36-30(28)37/h3-18,36-37H,19H2,1-2H3,(H2,33,35,39). The van der Waals surface area contributed by atoms with E-state index in [9.17, 15) is 14.7 Å². The Balaban J connectivity index is 1.41. The number of benzene rings is 4. The number of hydrogen-bond donors (Lipinski definition) is 4. The van der Waals surface area contributed by atoms with Crippen LogP contribution < -0.4 is 10.6 Å². The maximum Gasteiger partial charge on any atom is 0.337 e. The lowest BCUT2D eigenvalue weighted by Crippen LogP contribution is -2.28. The van der Waals surface area contributed by atoms with Gasteiger partial charge in [0.2, 0.25) is 0 Å². The minimum atomic E-state index is -0.466. The van der Waals surface area contributed by atoms with E-state index in [2.05, 4.69) is 15.6 Å². The highest BCUT2D eigenvalue weighted by Crippen LogP contribution is 2.32. The van der Waals surface area contributed by atoms with Crippen molar-refractivity contribution in [2.75, 3.05) is 12.4 Å². The number of esters is 1. The van der Waals surface area contributed by atoms with E-state index >= 15 is 0 Å². The molecule has 0 unspecified atom stereocenters. The average Bonchev–Trinajstić information content (AvgIpc) is 3.31. The predicted octanol–water partition coefficient (Wildman–Crippen LogP) is 6.46. The molecule has 4 N–H and O–H groups in total. The van der Waals surface area contributed by atoms with Gasteiger partial charge in [0.05, 0.1) is 29.6 Å². The summed E-state index contributed by atoms with van der Waals surface area (Å²) in [5, 5.41) is 17.3. The second-order valence-electron chi connectivity index (χ2n) is 9.21. The van der Waals surface area contributed by atoms with Crippen LogP contribution in [0.2, 0.25) is 0 Å². The van der Waals surface area contributed by atoms with Crippen molar-refractivity contribution >= 4 is 40.0 Å². The predicted molar refractivity (Wildman–Crippen MR) is 157 cm³/mol. The number of rotatable bonds is 7. The number of ether oxygens (including phenoxy) is 1. The molecule has 0 aliphatic heterocycles. The first-order valence-electron chi connectivity index (χ1n) is 12.7. The van der Waals surface area contributed by atoms with E-state index in [1.54, 1.807) is 42.5 Å². The van der Waals surface area contributed by atoms with Gasteiger partial charge >= 0.3 is 12.0 Å². The number of anilines is 1. The van der Waals surface area contributed by atoms with Crippen molar-refractivity contribution in [2.24, 2.45) is 4.99 Å². The number of urea groups is 1. The Kier molecular flexibility index (Phi) is 7.59. The van der Waals surface area contributed by atoms with E-state index in [4.69, 9.17) is 9.73 Å². The largest absolute Gasteiger partial charge is 0.494 e. The topological polar surface area (TPSA) is 116 Å². The van der Waals surface area contributed by atoms with Gasteiger partial charge in [0, 0.05) is 28.7 Å². The molecule has 0 aliphatic carbocycles. The van der Waals surface area contributed by atoms with Gasteiger partial charge in [-0.25, -0.2) is 14.6 Å². The summed E-state index contributed by atoms with van der Waals surface area (Å²) < 4.78 is 4.82. The molecule has 5 rings (SSSR count). The molecule has 0 bridgehead atoms. The van der Waals surface area contributed by atoms with Crippen molar-refractivity contribution in [3.63, 3.8) is 0 Å². The number of carbonyl (C=O) groups is 2. The van der Waals surface area contributed by atoms with Crippen molar-refractivity contribution < 1.29 is 19.4 Å². The molecule has 0 radical (unpaired) electrons. The molecule has 8 nitrogen and oxygen atoms in total. The number of amides is 2. The van der Waals surface area contributed by atoms with E-state index in [-0.39, 0.29) is 11.9 Å². The molecule has 8 heteroatoms. The molecular weight excluding hydrogens is 504 g/mol. The highest BCUT2D eigenvalue weighted by atomic mass is 16.5. The highest BCUT2D eigenvalue weighted by Gasteiger charge is 2.20. The van der Waals surface area contributed by atoms with Crippen LogP contribution in [0, 0.1) is 6.92 Å². The van der Waals surface area contributed by atoms with Crippen LogP contribution >= 0.6 is 0 Å². The van der Waals surface area contributed by atoms with Crippen LogP contribution in [0.1, 0.15) is 32.6 Å². The van der Waals surface area contributed by atoms with Gasteiger partial charge in [-0.15, -0.1) is 0 Å². The van der Waals surface area contributed by atoms with Gasteiger partial charge in [0.15, 0.2) is 5.88 Å². The molecule has 40 heavy (non-hydrogen) atoms. The van der Waals surface area contributed by atoms with Gasteiger partial charge < -0.3 is 25.5 Å². The third-order valence-electron chi connectivity index (χ3n) is 6.55. The fourth-order valence-electron chi connectivity index (χ4n) is 4.44. The molecule has 0 spiro atoms. The normalized spacial score (nSPS) is 11.3. The Bertz CT molecular complexity index is 1710. The van der Waals surface area contributed by atoms with Gasteiger partial charge in [-0.3, -0.25) is 0 Å². The first kappa shape index (κ1) is 26.2. The second kappa shape index (κ2) is 11.6. The molecule has 0 saturated heterocycles. The summed E-state index contributed by atoms with van der Waals surface area (Å²) in [6, 6.07) is 29.3. The zero-order valence-corrected chi connectivity index (χ0v) is 22.1. The fourth-order valence-corrected chi connectivity index (χ4v) is 4.44. The summed E-state index contributed by atoms with van der Waals surface area (Å²) in [6.45, 7) is 2.43. The molecule has 0 fully saturated rings. The lowest BCUT2D eigenvalue weighted by Gasteiger charge is -2.10. The van der Waals surface area contributed by atoms with E-state index in [1.807, 2.05) is 61.5 Å². The Morgan fingerprint density at radius 1 is 0.900 bits per heavy atom. The number of hydrogen-bond acceptors (Lipinski definition) is 5. The quantitative estimate of drug-likeness (QED) is 0.142. The van der Waals surface area contributed by atoms with Crippen LogP contribution in [0.5, 0.6) is 5.88 Å². The number of aromatic nitrogens is 1. The number of aliphatic imine (C=N–C) groups is 1. The molecule has 0 saturated carbocycles. The maximum absolute atomic E-state index is 12.4. The van der Waals surface area contributed by atoms with Gasteiger partial charge in [-0.2, -0.15) is 0 Å². The van der Waals surface area contributed by atoms with Gasteiger partial charge in [0.1, 0.15) is 0 Å². The van der Waals surface area contributed by atoms with Crippen LogP contribution in [0.15, 0.2) is 102 Å². The zero-order chi connectivity index (χ0) is 28.1. The lowest BCUT2D eigenvalue weighted by atomic mass is 10.00. The van der Waals surface area contributed by atoms with E-state index < -0.39 is 5.97 Å². The van der Waals surface area contributed by atoms with E-state index in [1.165, 1.54) is 7.11 Å². The monoisotopic (exact) mass is 532 g/mol. The summed E-state index contributed by atoms with van der Waals surface area (Å²) in [7, 11) is 1.32. The number of carbonyl (C=O) groups excluding carboxylic acids is 2. The first-order valence-corrected chi connectivity index (χ1v) is 12.7. The SMILES string of the molecule is COC(=O)c1ccc2c(C(=Nc3ccc(NC(=O)NCc4ccccc4C)cc3)c3ccccc3)c(O)[nH]c2c1. The van der Waals surface area contributed by atoms with Crippen molar-refractivity contribution in [3.8, 4) is 5.88 Å². The number of H-pyrrole nitrogens is 1. The maximum atomic E-state index is 12.4. The Hall–Kier alpha value is -5.37. The lowest BCUT2D eigenvalue weighted by molar-refractivity contribution is 0.0601. The number of aryl methyl sites for hydroxylation is 1. The van der Waals surface area contributed by atoms with Gasteiger partial charge in [0.25, 0.3) is 0 Å². The van der Waals surface area contributed by atoms with Gasteiger partial charge in [-0.05, 0) is 54.4 Å². The van der Waals surface area contributed by atoms with Gasteiger partial charge in [-0.1, -0.05) is 60.7 Å². The van der Waals surface area contributed by atoms with Crippen molar-refractivity contribution in [2.45, 2.75) is 13.5 Å². The van der Waals surface area contributed by atoms with Crippen LogP contribution in [0.25, 0.3) is 10.9 Å². The summed E-state index contributed by atoms with van der Waals surface area (Å²) in [4.78, 5) is 32.3. The number of aromatic amines is 1. The number of nitrogens with one attached hydrogen (secondary N) is 3. The summed E-state index contributed by atoms with van der Waals surface area (Å²) in [5.41, 5.74) is 6.22. The van der Waals surface area contributed by atoms with Crippen LogP contribution in [0.3, 0.4) is 0 Å². The molecule has 200 valence electrons. The summed E-state index contributed by atoms with van der Waals surface area (Å²) in [5.74, 6) is -0.532. The number of aromatic hydroxyl groups is 1. The average molecular weight is 533 g/mol. The minimum absolute atomic E-state index is 0.0665. The Labute approximate surface area is 231 Å². The smallest absolute Gasteiger partial charge is 0.337 e. The molecular formula is C32H28N4O4. The molecule has 5 aromatic rings. The third kappa shape index (κ3) is 5.71. The summed E-state index contributed by atoms with van der Waals surface area (Å²) in [6.07, 6.45) is 0. The molecule has 0 aliphatic rings. The van der Waals surface area contributed by atoms with Crippen molar-refractivity contribution in [3.05, 3.63) is 125 Å².